The largest absolute Gasteiger partial charge is 0.395 e. The van der Waals surface area contributed by atoms with Gasteiger partial charge in [0.05, 0.1) is 35.4 Å². The number of nitrogens with one attached hydrogen (secondary N) is 1. The molecule has 28 heavy (non-hydrogen) atoms. The zero-order chi connectivity index (χ0) is 19.7. The summed E-state index contributed by atoms with van der Waals surface area (Å²) in [5.74, 6) is -1.37. The first-order valence-corrected chi connectivity index (χ1v) is 8.61. The van der Waals surface area contributed by atoms with Crippen LogP contribution in [0.15, 0.2) is 66.6 Å². The lowest BCUT2D eigenvalue weighted by molar-refractivity contribution is -0.137. The molecule has 8 heteroatoms. The molecule has 0 saturated heterocycles. The quantitative estimate of drug-likeness (QED) is 0.652. The highest BCUT2D eigenvalue weighted by atomic mass is 16.3. The number of aromatic nitrogens is 2. The maximum Gasteiger partial charge on any atom is 0.277 e. The Kier molecular flexibility index (Phi) is 4.46. The molecule has 0 aliphatic carbocycles. The number of β-amino-alcohol motifs (C(OH)–C–C–N with tert-alkyl or cyclic N) is 1. The minimum Gasteiger partial charge on any atom is -0.395 e. The van der Waals surface area contributed by atoms with Crippen molar-refractivity contribution in [2.24, 2.45) is 0 Å². The van der Waals surface area contributed by atoms with Crippen molar-refractivity contribution in [1.29, 1.82) is 0 Å². The first-order valence-electron chi connectivity index (χ1n) is 8.61. The molecular formula is C20H16N4O4. The van der Waals surface area contributed by atoms with E-state index >= 15 is 0 Å². The fourth-order valence-electron chi connectivity index (χ4n) is 3.08. The molecule has 1 aliphatic rings. The minimum absolute atomic E-state index is 0.0502. The van der Waals surface area contributed by atoms with Crippen LogP contribution in [0.5, 0.6) is 0 Å². The first-order chi connectivity index (χ1) is 13.6. The molecule has 8 nitrogen and oxygen atoms in total. The molecule has 2 N–H and O–H groups in total. The van der Waals surface area contributed by atoms with E-state index in [2.05, 4.69) is 10.3 Å². The van der Waals surface area contributed by atoms with Crippen LogP contribution in [0.3, 0.4) is 0 Å². The topological polar surface area (TPSA) is 105 Å². The van der Waals surface area contributed by atoms with Crippen molar-refractivity contribution >= 4 is 34.4 Å². The van der Waals surface area contributed by atoms with E-state index in [0.717, 1.165) is 11.0 Å². The molecule has 0 spiro atoms. The number of imide groups is 1. The second kappa shape index (κ2) is 7.09. The van der Waals surface area contributed by atoms with E-state index in [9.17, 15) is 14.4 Å². The van der Waals surface area contributed by atoms with Crippen LogP contribution in [0.1, 0.15) is 10.4 Å². The first kappa shape index (κ1) is 17.6. The van der Waals surface area contributed by atoms with E-state index < -0.39 is 11.8 Å². The standard InChI is InChI=1S/C20H16N4O4/c25-10-9-23-18(26)11-16(20(23)28)22-14-6-2-1-5-13(14)19(27)24-12-21-15-7-3-4-8-17(15)24/h1-8,11-12,22,25H,9-10H2. The molecule has 0 unspecified atom stereocenters. The van der Waals surface area contributed by atoms with E-state index in [1.807, 2.05) is 18.2 Å². The van der Waals surface area contributed by atoms with Gasteiger partial charge in [-0.3, -0.25) is 23.9 Å². The SMILES string of the molecule is O=C1C=C(Nc2ccccc2C(=O)n2cnc3ccccc32)C(=O)N1CCO. The van der Waals surface area contributed by atoms with Gasteiger partial charge in [-0.25, -0.2) is 4.98 Å². The number of hydrogen-bond donors (Lipinski definition) is 2. The number of para-hydroxylation sites is 3. The number of benzene rings is 2. The second-order valence-corrected chi connectivity index (χ2v) is 6.16. The van der Waals surface area contributed by atoms with Crippen molar-refractivity contribution in [2.45, 2.75) is 0 Å². The molecule has 2 amide bonds. The number of anilines is 1. The van der Waals surface area contributed by atoms with Crippen LogP contribution < -0.4 is 5.32 Å². The fraction of sp³-hybridized carbons (Fsp3) is 0.100. The van der Waals surface area contributed by atoms with Gasteiger partial charge in [0.15, 0.2) is 0 Å². The lowest BCUT2D eigenvalue weighted by Crippen LogP contribution is -2.34. The predicted molar refractivity (Wildman–Crippen MR) is 101 cm³/mol. The van der Waals surface area contributed by atoms with Crippen molar-refractivity contribution in [1.82, 2.24) is 14.5 Å². The highest BCUT2D eigenvalue weighted by Crippen LogP contribution is 2.23. The van der Waals surface area contributed by atoms with Gasteiger partial charge in [-0.2, -0.15) is 0 Å². The zero-order valence-corrected chi connectivity index (χ0v) is 14.7. The summed E-state index contributed by atoms with van der Waals surface area (Å²) in [6, 6.07) is 14.0. The van der Waals surface area contributed by atoms with E-state index in [0.29, 0.717) is 22.3 Å². The maximum absolute atomic E-state index is 13.1. The molecule has 140 valence electrons. The molecule has 0 saturated carbocycles. The van der Waals surface area contributed by atoms with Crippen LogP contribution in [0.2, 0.25) is 0 Å². The summed E-state index contributed by atoms with van der Waals surface area (Å²) in [4.78, 5) is 42.6. The summed E-state index contributed by atoms with van der Waals surface area (Å²) in [6.45, 7) is -0.400. The zero-order valence-electron chi connectivity index (χ0n) is 14.7. The van der Waals surface area contributed by atoms with Gasteiger partial charge in [-0.1, -0.05) is 24.3 Å². The highest BCUT2D eigenvalue weighted by molar-refractivity contribution is 6.18. The number of carbonyl (C=O) groups is 3. The molecule has 3 aromatic rings. The number of imidazole rings is 1. The molecule has 2 heterocycles. The van der Waals surface area contributed by atoms with Crippen molar-refractivity contribution in [2.75, 3.05) is 18.5 Å². The molecule has 1 aliphatic heterocycles. The summed E-state index contributed by atoms with van der Waals surface area (Å²) in [5, 5.41) is 11.9. The molecule has 4 rings (SSSR count). The molecule has 0 atom stereocenters. The number of aliphatic hydroxyl groups is 1. The molecule has 0 bridgehead atoms. The van der Waals surface area contributed by atoms with Crippen LogP contribution in [0, 0.1) is 0 Å². The van der Waals surface area contributed by atoms with Crippen molar-refractivity contribution in [3.63, 3.8) is 0 Å². The van der Waals surface area contributed by atoms with Crippen LogP contribution in [0.25, 0.3) is 11.0 Å². The average molecular weight is 376 g/mol. The Morgan fingerprint density at radius 2 is 1.82 bits per heavy atom. The number of carbonyl (C=O) groups excluding carboxylic acids is 3. The van der Waals surface area contributed by atoms with Gasteiger partial charge in [-0.15, -0.1) is 0 Å². The van der Waals surface area contributed by atoms with Crippen LogP contribution >= 0.6 is 0 Å². The van der Waals surface area contributed by atoms with Gasteiger partial charge < -0.3 is 10.4 Å². The second-order valence-electron chi connectivity index (χ2n) is 6.16. The average Bonchev–Trinajstić information content (AvgIpc) is 3.25. The normalized spacial score (nSPS) is 13.9. The highest BCUT2D eigenvalue weighted by Gasteiger charge is 2.31. The van der Waals surface area contributed by atoms with Crippen molar-refractivity contribution in [3.8, 4) is 0 Å². The maximum atomic E-state index is 13.1. The van der Waals surface area contributed by atoms with Crippen molar-refractivity contribution in [3.05, 3.63) is 72.2 Å². The van der Waals surface area contributed by atoms with E-state index in [1.54, 1.807) is 30.3 Å². The van der Waals surface area contributed by atoms with E-state index in [4.69, 9.17) is 5.11 Å². The Morgan fingerprint density at radius 1 is 1.07 bits per heavy atom. The van der Waals surface area contributed by atoms with Gasteiger partial charge in [0.25, 0.3) is 17.7 Å². The van der Waals surface area contributed by atoms with E-state index in [1.165, 1.54) is 10.9 Å². The number of rotatable bonds is 5. The molecule has 0 radical (unpaired) electrons. The Bertz CT molecular complexity index is 1130. The number of aliphatic hydroxyl groups excluding tert-OH is 1. The van der Waals surface area contributed by atoms with Gasteiger partial charge in [0, 0.05) is 6.08 Å². The van der Waals surface area contributed by atoms with E-state index in [-0.39, 0.29) is 24.8 Å². The molecule has 2 aromatic carbocycles. The van der Waals surface area contributed by atoms with Gasteiger partial charge in [0.2, 0.25) is 0 Å². The lowest BCUT2D eigenvalue weighted by Gasteiger charge is -2.15. The van der Waals surface area contributed by atoms with Crippen molar-refractivity contribution < 1.29 is 19.5 Å². The third-order valence-corrected chi connectivity index (χ3v) is 4.43. The fourth-order valence-corrected chi connectivity index (χ4v) is 3.08. The summed E-state index contributed by atoms with van der Waals surface area (Å²) >= 11 is 0. The summed E-state index contributed by atoms with van der Waals surface area (Å²) < 4.78 is 1.43. The monoisotopic (exact) mass is 376 g/mol. The number of hydrogen-bond acceptors (Lipinski definition) is 6. The smallest absolute Gasteiger partial charge is 0.277 e. The van der Waals surface area contributed by atoms with Gasteiger partial charge in [-0.05, 0) is 24.3 Å². The van der Waals surface area contributed by atoms with Gasteiger partial charge in [0.1, 0.15) is 12.0 Å². The molecule has 0 fully saturated rings. The van der Waals surface area contributed by atoms with Crippen LogP contribution in [-0.4, -0.2) is 50.4 Å². The van der Waals surface area contributed by atoms with Crippen LogP contribution in [-0.2, 0) is 9.59 Å². The van der Waals surface area contributed by atoms with Crippen LogP contribution in [0.4, 0.5) is 5.69 Å². The molecular weight excluding hydrogens is 360 g/mol. The molecule has 1 aromatic heterocycles. The number of fused-ring (bicyclic) bond motifs is 1. The number of amides is 2. The Hall–Kier alpha value is -3.78. The lowest BCUT2D eigenvalue weighted by atomic mass is 10.1. The summed E-state index contributed by atoms with van der Waals surface area (Å²) in [7, 11) is 0. The predicted octanol–water partition coefficient (Wildman–Crippen LogP) is 1.38. The third-order valence-electron chi connectivity index (χ3n) is 4.43. The summed E-state index contributed by atoms with van der Waals surface area (Å²) in [5.41, 5.74) is 2.13. The number of nitrogens with zero attached hydrogens (tertiary/aromatic N) is 3. The Balaban J connectivity index is 1.67. The Labute approximate surface area is 159 Å². The summed E-state index contributed by atoms with van der Waals surface area (Å²) in [6.07, 6.45) is 2.61. The minimum atomic E-state index is -0.547. The third kappa shape index (κ3) is 2.95. The Morgan fingerprint density at radius 3 is 2.64 bits per heavy atom. The van der Waals surface area contributed by atoms with Gasteiger partial charge >= 0.3 is 0 Å².